The van der Waals surface area contributed by atoms with Crippen molar-refractivity contribution in [3.05, 3.63) is 24.3 Å². The van der Waals surface area contributed by atoms with Crippen LogP contribution in [0.15, 0.2) is 24.3 Å². The van der Waals surface area contributed by atoms with Gasteiger partial charge in [-0.3, -0.25) is 4.79 Å². The average Bonchev–Trinajstić information content (AvgIpc) is 2.76. The van der Waals surface area contributed by atoms with E-state index in [0.29, 0.717) is 6.42 Å². The molecule has 2 fully saturated rings. The van der Waals surface area contributed by atoms with Crippen LogP contribution in [0, 0.1) is 5.92 Å². The maximum Gasteiger partial charge on any atom is 0.224 e. The van der Waals surface area contributed by atoms with Gasteiger partial charge in [-0.05, 0) is 49.4 Å². The highest BCUT2D eigenvalue weighted by Gasteiger charge is 2.29. The van der Waals surface area contributed by atoms with E-state index in [1.54, 1.807) is 0 Å². The Balaban J connectivity index is 1.53. The number of anilines is 2. The molecule has 2 saturated heterocycles. The molecule has 1 N–H and O–H groups in total. The molecule has 0 unspecified atom stereocenters. The lowest BCUT2D eigenvalue weighted by atomic mass is 10.1. The summed E-state index contributed by atoms with van der Waals surface area (Å²) in [6, 6.07) is 7.98. The lowest BCUT2D eigenvalue weighted by Gasteiger charge is -2.22. The lowest BCUT2D eigenvalue weighted by Crippen LogP contribution is -2.23. The Morgan fingerprint density at radius 1 is 1.08 bits per heavy atom. The van der Waals surface area contributed by atoms with Crippen molar-refractivity contribution in [2.75, 3.05) is 34.8 Å². The molecule has 0 aliphatic carbocycles. The van der Waals surface area contributed by atoms with Gasteiger partial charge in [0.2, 0.25) is 5.91 Å². The number of carbonyl (C=O) groups excluding carboxylic acids is 1. The molecule has 0 saturated carbocycles. The van der Waals surface area contributed by atoms with Crippen LogP contribution < -0.4 is 10.2 Å². The van der Waals surface area contributed by atoms with Crippen molar-refractivity contribution in [3.8, 4) is 0 Å². The first-order valence-corrected chi connectivity index (χ1v) is 10.7. The number of sulfone groups is 1. The molecule has 1 amide bonds. The zero-order valence-electron chi connectivity index (χ0n) is 14.0. The fourth-order valence-electron chi connectivity index (χ4n) is 3.59. The molecule has 132 valence electrons. The summed E-state index contributed by atoms with van der Waals surface area (Å²) >= 11 is 0. The van der Waals surface area contributed by atoms with Crippen LogP contribution in [0.5, 0.6) is 0 Å². The van der Waals surface area contributed by atoms with Crippen molar-refractivity contribution < 1.29 is 13.2 Å². The molecule has 2 aliphatic rings. The van der Waals surface area contributed by atoms with Gasteiger partial charge in [0.15, 0.2) is 9.84 Å². The van der Waals surface area contributed by atoms with Gasteiger partial charge in [0, 0.05) is 30.9 Å². The number of carbonyl (C=O) groups is 1. The molecule has 5 nitrogen and oxygen atoms in total. The van der Waals surface area contributed by atoms with Gasteiger partial charge in [-0.2, -0.15) is 0 Å². The van der Waals surface area contributed by atoms with Gasteiger partial charge >= 0.3 is 0 Å². The van der Waals surface area contributed by atoms with E-state index in [2.05, 4.69) is 22.3 Å². The van der Waals surface area contributed by atoms with Crippen LogP contribution in [0.3, 0.4) is 0 Å². The third kappa shape index (κ3) is 4.72. The van der Waals surface area contributed by atoms with Crippen molar-refractivity contribution in [2.45, 2.75) is 38.5 Å². The molecular formula is C18H26N2O3S. The van der Waals surface area contributed by atoms with Gasteiger partial charge < -0.3 is 10.2 Å². The Labute approximate surface area is 144 Å². The minimum Gasteiger partial charge on any atom is -0.372 e. The lowest BCUT2D eigenvalue weighted by molar-refractivity contribution is -0.116. The number of nitrogens with zero attached hydrogens (tertiary/aromatic N) is 1. The largest absolute Gasteiger partial charge is 0.372 e. The van der Waals surface area contributed by atoms with Crippen molar-refractivity contribution in [3.63, 3.8) is 0 Å². The van der Waals surface area contributed by atoms with E-state index in [4.69, 9.17) is 0 Å². The number of nitrogens with one attached hydrogen (secondary N) is 1. The highest BCUT2D eigenvalue weighted by molar-refractivity contribution is 7.91. The number of hydrogen-bond donors (Lipinski definition) is 1. The van der Waals surface area contributed by atoms with Crippen LogP contribution in [0.2, 0.25) is 0 Å². The van der Waals surface area contributed by atoms with Crippen LogP contribution in [0.25, 0.3) is 0 Å². The molecule has 3 rings (SSSR count). The van der Waals surface area contributed by atoms with Gasteiger partial charge in [-0.15, -0.1) is 0 Å². The molecule has 6 heteroatoms. The highest BCUT2D eigenvalue weighted by atomic mass is 32.2. The van der Waals surface area contributed by atoms with Crippen LogP contribution in [-0.2, 0) is 14.6 Å². The van der Waals surface area contributed by atoms with Crippen molar-refractivity contribution in [1.29, 1.82) is 0 Å². The third-order valence-electron chi connectivity index (χ3n) is 4.92. The van der Waals surface area contributed by atoms with Crippen molar-refractivity contribution >= 4 is 27.1 Å². The number of amides is 1. The summed E-state index contributed by atoms with van der Waals surface area (Å²) in [6.07, 6.45) is 5.98. The maximum absolute atomic E-state index is 12.1. The second-order valence-electron chi connectivity index (χ2n) is 6.97. The second-order valence-corrected chi connectivity index (χ2v) is 9.20. The molecule has 0 bridgehead atoms. The Morgan fingerprint density at radius 2 is 1.75 bits per heavy atom. The van der Waals surface area contributed by atoms with Crippen LogP contribution in [0.1, 0.15) is 38.5 Å². The number of rotatable bonds is 4. The average molecular weight is 350 g/mol. The monoisotopic (exact) mass is 350 g/mol. The van der Waals surface area contributed by atoms with E-state index < -0.39 is 9.84 Å². The first kappa shape index (κ1) is 17.3. The van der Waals surface area contributed by atoms with E-state index in [1.165, 1.54) is 31.4 Å². The first-order valence-electron chi connectivity index (χ1n) is 8.87. The molecule has 0 spiro atoms. The van der Waals surface area contributed by atoms with Crippen LogP contribution in [0.4, 0.5) is 11.4 Å². The Morgan fingerprint density at radius 3 is 2.33 bits per heavy atom. The second kappa shape index (κ2) is 7.55. The summed E-state index contributed by atoms with van der Waals surface area (Å²) in [5.74, 6) is 0.232. The first-order chi connectivity index (χ1) is 11.5. The number of benzene rings is 1. The van der Waals surface area contributed by atoms with Crippen molar-refractivity contribution in [2.24, 2.45) is 5.92 Å². The van der Waals surface area contributed by atoms with E-state index >= 15 is 0 Å². The van der Waals surface area contributed by atoms with E-state index in [0.717, 1.165) is 18.8 Å². The van der Waals surface area contributed by atoms with E-state index in [9.17, 15) is 13.2 Å². The maximum atomic E-state index is 12.1. The zero-order valence-corrected chi connectivity index (χ0v) is 14.9. The van der Waals surface area contributed by atoms with Crippen LogP contribution >= 0.6 is 0 Å². The zero-order chi connectivity index (χ0) is 17.0. The standard InChI is InChI=1S/C18H26N2O3S/c21-18(13-15-9-12-24(22,23)14-15)19-16-5-7-17(8-6-16)20-10-3-1-2-4-11-20/h5-8,15H,1-4,9-14H2,(H,19,21)/t15-/m1/s1. The van der Waals surface area contributed by atoms with Gasteiger partial charge in [-0.1, -0.05) is 12.8 Å². The molecule has 1 atom stereocenters. The smallest absolute Gasteiger partial charge is 0.224 e. The van der Waals surface area contributed by atoms with Gasteiger partial charge in [-0.25, -0.2) is 8.42 Å². The van der Waals surface area contributed by atoms with Crippen molar-refractivity contribution in [1.82, 2.24) is 0 Å². The third-order valence-corrected chi connectivity index (χ3v) is 6.76. The van der Waals surface area contributed by atoms with Crippen LogP contribution in [-0.4, -0.2) is 38.9 Å². The normalized spacial score (nSPS) is 23.7. The molecule has 1 aromatic rings. The summed E-state index contributed by atoms with van der Waals surface area (Å²) < 4.78 is 22.9. The summed E-state index contributed by atoms with van der Waals surface area (Å²) in [7, 11) is -2.92. The molecule has 2 heterocycles. The topological polar surface area (TPSA) is 66.5 Å². The Bertz CT molecular complexity index is 662. The highest BCUT2D eigenvalue weighted by Crippen LogP contribution is 2.24. The van der Waals surface area contributed by atoms with Gasteiger partial charge in [0.25, 0.3) is 0 Å². The predicted octanol–water partition coefficient (Wildman–Crippen LogP) is 2.83. The minimum atomic E-state index is -2.92. The fraction of sp³-hybridized carbons (Fsp3) is 0.611. The molecular weight excluding hydrogens is 324 g/mol. The minimum absolute atomic E-state index is 0.0358. The predicted molar refractivity (Wildman–Crippen MR) is 97.1 cm³/mol. The van der Waals surface area contributed by atoms with E-state index in [-0.39, 0.29) is 29.8 Å². The molecule has 1 aromatic carbocycles. The Kier molecular flexibility index (Phi) is 5.43. The summed E-state index contributed by atoms with van der Waals surface area (Å²) in [5, 5.41) is 2.89. The molecule has 0 radical (unpaired) electrons. The van der Waals surface area contributed by atoms with Gasteiger partial charge in [0.05, 0.1) is 11.5 Å². The van der Waals surface area contributed by atoms with E-state index in [1.807, 2.05) is 12.1 Å². The summed E-state index contributed by atoms with van der Waals surface area (Å²) in [6.45, 7) is 2.20. The quantitative estimate of drug-likeness (QED) is 0.907. The molecule has 0 aromatic heterocycles. The summed E-state index contributed by atoms with van der Waals surface area (Å²) in [5.41, 5.74) is 1.98. The SMILES string of the molecule is O=C(C[C@H]1CCS(=O)(=O)C1)Nc1ccc(N2CCCCCC2)cc1. The molecule has 2 aliphatic heterocycles. The summed E-state index contributed by atoms with van der Waals surface area (Å²) in [4.78, 5) is 14.5. The number of hydrogen-bond acceptors (Lipinski definition) is 4. The fourth-order valence-corrected chi connectivity index (χ4v) is 5.45. The van der Waals surface area contributed by atoms with Gasteiger partial charge in [0.1, 0.15) is 0 Å². The molecule has 24 heavy (non-hydrogen) atoms. The Hall–Kier alpha value is -1.56.